The van der Waals surface area contributed by atoms with E-state index in [2.05, 4.69) is 40.9 Å². The molecule has 2 amide bonds. The lowest BCUT2D eigenvalue weighted by molar-refractivity contribution is 0.252. The number of carbonyl (C=O) groups is 1. The van der Waals surface area contributed by atoms with Crippen molar-refractivity contribution in [2.45, 2.75) is 6.92 Å². The maximum Gasteiger partial charge on any atom is 0.434 e. The molecule has 0 unspecified atom stereocenters. The molecule has 17 heteroatoms. The van der Waals surface area contributed by atoms with Gasteiger partial charge in [0.1, 0.15) is 38.4 Å². The molecule has 6 heterocycles. The highest BCUT2D eigenvalue weighted by atomic mass is 32.1. The van der Waals surface area contributed by atoms with Crippen molar-refractivity contribution in [1.29, 1.82) is 0 Å². The number of amides is 2. The van der Waals surface area contributed by atoms with E-state index < -0.39 is 11.8 Å². The number of aryl methyl sites for hydroxylation is 1. The van der Waals surface area contributed by atoms with Gasteiger partial charge in [0, 0.05) is 42.4 Å². The molecule has 3 N–H and O–H groups in total. The largest absolute Gasteiger partial charge is 0.481 e. The number of aromatic amines is 1. The summed E-state index contributed by atoms with van der Waals surface area (Å²) in [6.07, 6.45) is 3.00. The lowest BCUT2D eigenvalue weighted by Gasteiger charge is -2.09. The fourth-order valence-corrected chi connectivity index (χ4v) is 5.80. The zero-order valence-corrected chi connectivity index (χ0v) is 23.9. The standard InChI is InChI=1S/C25H21N11O4S2/c1-4-26-24(37)32-16-8-12(22-31-15(10-41-22)14-6-5-7-17(30-14)39-3)13(9-27-16)23-33-18(20-28-11-29-36(20)2)19(42-23)21-34-35-25(38)40-21/h5-11H,4H2,1-3H3,(H,35,38)(H2,26,27,32,37). The van der Waals surface area contributed by atoms with E-state index >= 15 is 0 Å². The number of ether oxygens (including phenoxy) is 1. The van der Waals surface area contributed by atoms with Crippen LogP contribution in [0.5, 0.6) is 5.88 Å². The molecule has 0 saturated heterocycles. The Bertz CT molecular complexity index is 1950. The summed E-state index contributed by atoms with van der Waals surface area (Å²) in [6, 6.07) is 6.77. The fourth-order valence-electron chi connectivity index (χ4n) is 3.95. The molecule has 0 atom stereocenters. The van der Waals surface area contributed by atoms with Gasteiger partial charge in [-0.1, -0.05) is 6.07 Å². The van der Waals surface area contributed by atoms with Gasteiger partial charge in [-0.3, -0.25) is 5.32 Å². The van der Waals surface area contributed by atoms with Gasteiger partial charge in [0.05, 0.1) is 12.8 Å². The number of aromatic nitrogens is 9. The van der Waals surface area contributed by atoms with E-state index in [4.69, 9.17) is 19.1 Å². The van der Waals surface area contributed by atoms with Gasteiger partial charge < -0.3 is 14.5 Å². The van der Waals surface area contributed by atoms with Gasteiger partial charge >= 0.3 is 11.8 Å². The number of H-pyrrole nitrogens is 1. The van der Waals surface area contributed by atoms with Crippen molar-refractivity contribution in [3.63, 3.8) is 0 Å². The molecule has 0 aliphatic rings. The lowest BCUT2D eigenvalue weighted by Crippen LogP contribution is -2.28. The summed E-state index contributed by atoms with van der Waals surface area (Å²) in [5.41, 5.74) is 2.98. The van der Waals surface area contributed by atoms with Crippen LogP contribution in [0.2, 0.25) is 0 Å². The molecule has 0 spiro atoms. The number of carbonyl (C=O) groups excluding carboxylic acids is 1. The number of pyridine rings is 2. The van der Waals surface area contributed by atoms with E-state index in [1.807, 2.05) is 24.4 Å². The second-order valence-corrected chi connectivity index (χ2v) is 10.4. The summed E-state index contributed by atoms with van der Waals surface area (Å²) in [5, 5.41) is 18.9. The van der Waals surface area contributed by atoms with Crippen molar-refractivity contribution in [3.8, 4) is 60.7 Å². The molecule has 6 aromatic heterocycles. The van der Waals surface area contributed by atoms with Crippen LogP contribution in [0.3, 0.4) is 0 Å². The SMILES string of the molecule is CCNC(=O)Nc1cc(-c2nc(-c3cccc(OC)n3)cs2)c(-c2nc(-c3ncnn3C)c(-c3n[nH]c(=O)o3)s2)cn1. The Kier molecular flexibility index (Phi) is 7.24. The number of thiazole rings is 2. The Morgan fingerprint density at radius 1 is 1.14 bits per heavy atom. The van der Waals surface area contributed by atoms with E-state index in [-0.39, 0.29) is 5.89 Å². The van der Waals surface area contributed by atoms with Crippen molar-refractivity contribution in [2.75, 3.05) is 19.0 Å². The summed E-state index contributed by atoms with van der Waals surface area (Å²) >= 11 is 2.63. The van der Waals surface area contributed by atoms with Gasteiger partial charge in [-0.2, -0.15) is 5.10 Å². The third-order valence-electron chi connectivity index (χ3n) is 5.83. The normalized spacial score (nSPS) is 11.0. The van der Waals surface area contributed by atoms with Crippen molar-refractivity contribution in [1.82, 2.24) is 50.2 Å². The number of hydrogen-bond acceptors (Lipinski definition) is 13. The minimum absolute atomic E-state index is 0.0615. The second-order valence-electron chi connectivity index (χ2n) is 8.52. The van der Waals surface area contributed by atoms with Gasteiger partial charge in [-0.15, -0.1) is 27.8 Å². The molecule has 0 radical (unpaired) electrons. The van der Waals surface area contributed by atoms with E-state index in [0.717, 1.165) is 0 Å². The molecular weight excluding hydrogens is 582 g/mol. The minimum Gasteiger partial charge on any atom is -0.481 e. The first kappa shape index (κ1) is 26.9. The third-order valence-corrected chi connectivity index (χ3v) is 7.78. The lowest BCUT2D eigenvalue weighted by atomic mass is 10.1. The smallest absolute Gasteiger partial charge is 0.434 e. The molecule has 0 saturated carbocycles. The molecule has 0 aliphatic heterocycles. The number of rotatable bonds is 8. The first-order chi connectivity index (χ1) is 20.4. The average Bonchev–Trinajstić information content (AvgIpc) is 3.80. The number of nitrogens with one attached hydrogen (secondary N) is 3. The van der Waals surface area contributed by atoms with E-state index in [1.54, 1.807) is 37.2 Å². The summed E-state index contributed by atoms with van der Waals surface area (Å²) in [6.45, 7) is 2.28. The molecule has 42 heavy (non-hydrogen) atoms. The maximum atomic E-state index is 12.3. The fraction of sp³-hybridized carbons (Fsp3) is 0.160. The molecule has 0 bridgehead atoms. The number of urea groups is 1. The van der Waals surface area contributed by atoms with Crippen molar-refractivity contribution >= 4 is 34.5 Å². The monoisotopic (exact) mass is 603 g/mol. The highest BCUT2D eigenvalue weighted by Gasteiger charge is 2.25. The number of anilines is 1. The van der Waals surface area contributed by atoms with Crippen LogP contribution in [-0.2, 0) is 7.05 Å². The highest BCUT2D eigenvalue weighted by molar-refractivity contribution is 7.19. The topological polar surface area (TPSA) is 192 Å². The first-order valence-electron chi connectivity index (χ1n) is 12.4. The van der Waals surface area contributed by atoms with Crippen LogP contribution in [0.4, 0.5) is 10.6 Å². The van der Waals surface area contributed by atoms with Crippen molar-refractivity contribution in [3.05, 3.63) is 52.7 Å². The predicted octanol–water partition coefficient (Wildman–Crippen LogP) is 3.68. The van der Waals surface area contributed by atoms with Gasteiger partial charge in [0.15, 0.2) is 5.82 Å². The third kappa shape index (κ3) is 5.25. The van der Waals surface area contributed by atoms with E-state index in [9.17, 15) is 9.59 Å². The Balaban J connectivity index is 1.50. The van der Waals surface area contributed by atoms with Crippen LogP contribution in [0.25, 0.3) is 54.8 Å². The predicted molar refractivity (Wildman–Crippen MR) is 155 cm³/mol. The van der Waals surface area contributed by atoms with Gasteiger partial charge in [0.25, 0.3) is 5.89 Å². The molecular formula is C25H21N11O4S2. The zero-order valence-electron chi connectivity index (χ0n) is 22.3. The molecule has 6 rings (SSSR count). The molecule has 6 aromatic rings. The van der Waals surface area contributed by atoms with Gasteiger partial charge in [0.2, 0.25) is 5.88 Å². The van der Waals surface area contributed by atoms with Crippen molar-refractivity contribution in [2.24, 2.45) is 7.05 Å². The summed E-state index contributed by atoms with van der Waals surface area (Å²) in [7, 11) is 3.28. The summed E-state index contributed by atoms with van der Waals surface area (Å²) in [4.78, 5) is 47.5. The van der Waals surface area contributed by atoms with Crippen LogP contribution < -0.4 is 21.1 Å². The van der Waals surface area contributed by atoms with E-state index in [0.29, 0.717) is 67.2 Å². The van der Waals surface area contributed by atoms with Crippen LogP contribution in [0, 0.1) is 0 Å². The van der Waals surface area contributed by atoms with Gasteiger partial charge in [-0.25, -0.2) is 44.3 Å². The highest BCUT2D eigenvalue weighted by Crippen LogP contribution is 2.43. The summed E-state index contributed by atoms with van der Waals surface area (Å²) < 4.78 is 12.1. The van der Waals surface area contributed by atoms with Crippen molar-refractivity contribution < 1.29 is 13.9 Å². The molecule has 15 nitrogen and oxygen atoms in total. The second kappa shape index (κ2) is 11.3. The maximum absolute atomic E-state index is 12.3. The minimum atomic E-state index is -0.700. The zero-order chi connectivity index (χ0) is 29.2. The first-order valence-corrected chi connectivity index (χ1v) is 14.1. The van der Waals surface area contributed by atoms with Gasteiger partial charge in [-0.05, 0) is 19.1 Å². The summed E-state index contributed by atoms with van der Waals surface area (Å²) in [5.74, 6) is 0.596. The molecule has 212 valence electrons. The Labute approximate surface area is 244 Å². The molecule has 0 fully saturated rings. The van der Waals surface area contributed by atoms with Crippen LogP contribution >= 0.6 is 22.7 Å². The Morgan fingerprint density at radius 2 is 2.02 bits per heavy atom. The van der Waals surface area contributed by atoms with Crippen LogP contribution in [0.1, 0.15) is 6.92 Å². The Morgan fingerprint density at radius 3 is 2.76 bits per heavy atom. The Hall–Kier alpha value is -5.29. The van der Waals surface area contributed by atoms with E-state index in [1.165, 1.54) is 29.0 Å². The van der Waals surface area contributed by atoms with Crippen LogP contribution in [0.15, 0.2) is 51.4 Å². The number of hydrogen-bond donors (Lipinski definition) is 3. The number of methoxy groups -OCH3 is 1. The quantitative estimate of drug-likeness (QED) is 0.230. The molecule has 0 aromatic carbocycles. The molecule has 0 aliphatic carbocycles. The number of nitrogens with zero attached hydrogens (tertiary/aromatic N) is 8. The average molecular weight is 604 g/mol. The van der Waals surface area contributed by atoms with Crippen LogP contribution in [-0.4, -0.2) is 64.6 Å².